The van der Waals surface area contributed by atoms with Gasteiger partial charge in [-0.15, -0.1) is 0 Å². The Morgan fingerprint density at radius 2 is 2.18 bits per heavy atom. The van der Waals surface area contributed by atoms with Gasteiger partial charge in [-0.1, -0.05) is 13.8 Å². The molecule has 0 heterocycles. The molecule has 0 bridgehead atoms. The van der Waals surface area contributed by atoms with Crippen molar-refractivity contribution in [1.29, 1.82) is 5.41 Å². The van der Waals surface area contributed by atoms with Crippen LogP contribution in [0.2, 0.25) is 0 Å². The fourth-order valence-corrected chi connectivity index (χ4v) is 0.844. The van der Waals surface area contributed by atoms with E-state index in [1.54, 1.807) is 11.9 Å². The fraction of sp³-hybridized carbons (Fsp3) is 0.750. The van der Waals surface area contributed by atoms with E-state index in [4.69, 9.17) is 5.41 Å². The van der Waals surface area contributed by atoms with E-state index in [1.807, 2.05) is 13.8 Å². The van der Waals surface area contributed by atoms with E-state index in [-0.39, 0.29) is 5.78 Å². The SMILES string of the molecule is CC(C)CC(=O)CN(C)C=N. The van der Waals surface area contributed by atoms with Gasteiger partial charge in [-0.25, -0.2) is 0 Å². The molecule has 11 heavy (non-hydrogen) atoms. The van der Waals surface area contributed by atoms with Crippen molar-refractivity contribution in [3.63, 3.8) is 0 Å². The molecular weight excluding hydrogens is 140 g/mol. The smallest absolute Gasteiger partial charge is 0.152 e. The molecule has 0 radical (unpaired) electrons. The van der Waals surface area contributed by atoms with Crippen LogP contribution in [-0.4, -0.2) is 30.6 Å². The van der Waals surface area contributed by atoms with Crippen LogP contribution in [0.5, 0.6) is 0 Å². The average Bonchev–Trinajstić information content (AvgIpc) is 1.85. The lowest BCUT2D eigenvalue weighted by molar-refractivity contribution is -0.119. The molecule has 0 fully saturated rings. The van der Waals surface area contributed by atoms with Gasteiger partial charge in [-0.2, -0.15) is 0 Å². The van der Waals surface area contributed by atoms with Crippen molar-refractivity contribution >= 4 is 12.1 Å². The lowest BCUT2D eigenvalue weighted by Gasteiger charge is -2.11. The van der Waals surface area contributed by atoms with Crippen LogP contribution in [-0.2, 0) is 4.79 Å². The van der Waals surface area contributed by atoms with E-state index in [0.717, 1.165) is 6.34 Å². The molecule has 0 aliphatic heterocycles. The minimum Gasteiger partial charge on any atom is -0.359 e. The van der Waals surface area contributed by atoms with Gasteiger partial charge in [0.1, 0.15) is 0 Å². The Morgan fingerprint density at radius 3 is 2.55 bits per heavy atom. The molecule has 0 aromatic rings. The highest BCUT2D eigenvalue weighted by Gasteiger charge is 2.05. The zero-order valence-electron chi connectivity index (χ0n) is 7.42. The summed E-state index contributed by atoms with van der Waals surface area (Å²) in [6, 6.07) is 0. The lowest BCUT2D eigenvalue weighted by atomic mass is 10.1. The van der Waals surface area contributed by atoms with Crippen LogP contribution >= 0.6 is 0 Å². The summed E-state index contributed by atoms with van der Waals surface area (Å²) in [7, 11) is 1.73. The van der Waals surface area contributed by atoms with Crippen LogP contribution in [0.25, 0.3) is 0 Å². The molecule has 1 N–H and O–H groups in total. The molecule has 3 heteroatoms. The van der Waals surface area contributed by atoms with Gasteiger partial charge in [0.15, 0.2) is 5.78 Å². The van der Waals surface area contributed by atoms with Crippen molar-refractivity contribution in [2.45, 2.75) is 20.3 Å². The molecule has 0 atom stereocenters. The number of carbonyl (C=O) groups is 1. The van der Waals surface area contributed by atoms with Crippen molar-refractivity contribution in [3.8, 4) is 0 Å². The van der Waals surface area contributed by atoms with Crippen molar-refractivity contribution in [3.05, 3.63) is 0 Å². The van der Waals surface area contributed by atoms with Gasteiger partial charge in [-0.05, 0) is 5.92 Å². The Bertz CT molecular complexity index is 143. The molecule has 0 aromatic heterocycles. The monoisotopic (exact) mass is 156 g/mol. The topological polar surface area (TPSA) is 44.2 Å². The summed E-state index contributed by atoms with van der Waals surface area (Å²) in [4.78, 5) is 12.7. The zero-order chi connectivity index (χ0) is 8.85. The van der Waals surface area contributed by atoms with Crippen LogP contribution in [0.15, 0.2) is 0 Å². The number of likely N-dealkylation sites (N-methyl/N-ethyl adjacent to an activating group) is 1. The molecule has 64 valence electrons. The van der Waals surface area contributed by atoms with E-state index in [9.17, 15) is 4.79 Å². The maximum atomic E-state index is 11.1. The molecule has 0 rings (SSSR count). The van der Waals surface area contributed by atoms with E-state index < -0.39 is 0 Å². The predicted octanol–water partition coefficient (Wildman–Crippen LogP) is 1.14. The van der Waals surface area contributed by atoms with Crippen LogP contribution in [0, 0.1) is 11.3 Å². The molecule has 0 saturated heterocycles. The summed E-state index contributed by atoms with van der Waals surface area (Å²) in [5, 5.41) is 6.83. The van der Waals surface area contributed by atoms with Gasteiger partial charge in [0, 0.05) is 13.5 Å². The Balaban J connectivity index is 3.60. The van der Waals surface area contributed by atoms with E-state index in [0.29, 0.717) is 18.9 Å². The summed E-state index contributed by atoms with van der Waals surface area (Å²) in [6.45, 7) is 4.40. The highest BCUT2D eigenvalue weighted by atomic mass is 16.1. The standard InChI is InChI=1S/C8H16N2O/c1-7(2)4-8(11)5-10(3)6-9/h6-7,9H,4-5H2,1-3H3. The third-order valence-corrected chi connectivity index (χ3v) is 1.28. The third-order valence-electron chi connectivity index (χ3n) is 1.28. The van der Waals surface area contributed by atoms with Crippen LogP contribution < -0.4 is 0 Å². The van der Waals surface area contributed by atoms with Gasteiger partial charge < -0.3 is 4.90 Å². The first-order chi connectivity index (χ1) is 5.06. The van der Waals surface area contributed by atoms with Crippen LogP contribution in [0.4, 0.5) is 0 Å². The second-order valence-corrected chi connectivity index (χ2v) is 3.18. The van der Waals surface area contributed by atoms with Gasteiger partial charge >= 0.3 is 0 Å². The second kappa shape index (κ2) is 4.88. The summed E-state index contributed by atoms with van der Waals surface area (Å²) >= 11 is 0. The van der Waals surface area contributed by atoms with E-state index in [1.165, 1.54) is 0 Å². The molecule has 0 aromatic carbocycles. The molecule has 0 saturated carbocycles. The van der Waals surface area contributed by atoms with Gasteiger partial charge in [0.05, 0.1) is 12.9 Å². The Labute approximate surface area is 67.9 Å². The quantitative estimate of drug-likeness (QED) is 0.479. The molecule has 3 nitrogen and oxygen atoms in total. The molecule has 0 aliphatic carbocycles. The van der Waals surface area contributed by atoms with E-state index in [2.05, 4.69) is 0 Å². The van der Waals surface area contributed by atoms with Crippen molar-refractivity contribution in [2.75, 3.05) is 13.6 Å². The number of hydrogen-bond donors (Lipinski definition) is 1. The van der Waals surface area contributed by atoms with Crippen molar-refractivity contribution < 1.29 is 4.79 Å². The first-order valence-electron chi connectivity index (χ1n) is 3.78. The Kier molecular flexibility index (Phi) is 4.50. The molecular formula is C8H16N2O. The number of nitrogens with one attached hydrogen (secondary N) is 1. The maximum Gasteiger partial charge on any atom is 0.152 e. The average molecular weight is 156 g/mol. The van der Waals surface area contributed by atoms with Gasteiger partial charge in [-0.3, -0.25) is 10.2 Å². The number of Topliss-reactive ketones (excluding diaryl/α,β-unsaturated/α-hetero) is 1. The first kappa shape index (κ1) is 10.1. The summed E-state index contributed by atoms with van der Waals surface area (Å²) in [5.41, 5.74) is 0. The minimum absolute atomic E-state index is 0.200. The molecule has 0 unspecified atom stereocenters. The number of nitrogens with zero attached hydrogens (tertiary/aromatic N) is 1. The minimum atomic E-state index is 0.200. The normalized spacial score (nSPS) is 9.82. The second-order valence-electron chi connectivity index (χ2n) is 3.18. The molecule has 0 spiro atoms. The van der Waals surface area contributed by atoms with Crippen LogP contribution in [0.1, 0.15) is 20.3 Å². The summed E-state index contributed by atoms with van der Waals surface area (Å²) < 4.78 is 0. The first-order valence-corrected chi connectivity index (χ1v) is 3.78. The number of carbonyl (C=O) groups excluding carboxylic acids is 1. The Hall–Kier alpha value is -0.860. The maximum absolute atomic E-state index is 11.1. The summed E-state index contributed by atoms with van der Waals surface area (Å²) in [6.07, 6.45) is 1.77. The molecule has 0 aliphatic rings. The largest absolute Gasteiger partial charge is 0.359 e. The fourth-order valence-electron chi connectivity index (χ4n) is 0.844. The predicted molar refractivity (Wildman–Crippen MR) is 45.9 cm³/mol. The zero-order valence-corrected chi connectivity index (χ0v) is 7.42. The van der Waals surface area contributed by atoms with Crippen molar-refractivity contribution in [2.24, 2.45) is 5.92 Å². The number of ketones is 1. The van der Waals surface area contributed by atoms with E-state index >= 15 is 0 Å². The third kappa shape index (κ3) is 5.58. The highest BCUT2D eigenvalue weighted by Crippen LogP contribution is 1.99. The van der Waals surface area contributed by atoms with Gasteiger partial charge in [0.25, 0.3) is 0 Å². The highest BCUT2D eigenvalue weighted by molar-refractivity contribution is 5.82. The summed E-state index contributed by atoms with van der Waals surface area (Å²) in [5.74, 6) is 0.618. The van der Waals surface area contributed by atoms with Crippen molar-refractivity contribution in [1.82, 2.24) is 4.90 Å². The molecule has 0 amide bonds. The lowest BCUT2D eigenvalue weighted by Crippen LogP contribution is -2.24. The number of rotatable bonds is 5. The Morgan fingerprint density at radius 1 is 1.64 bits per heavy atom. The van der Waals surface area contributed by atoms with Gasteiger partial charge in [0.2, 0.25) is 0 Å². The van der Waals surface area contributed by atoms with Crippen LogP contribution in [0.3, 0.4) is 0 Å². The number of hydrogen-bond acceptors (Lipinski definition) is 2.